The van der Waals surface area contributed by atoms with Crippen molar-refractivity contribution >= 4 is 22.8 Å². The van der Waals surface area contributed by atoms with E-state index >= 15 is 0 Å². The maximum absolute atomic E-state index is 12.7. The minimum absolute atomic E-state index is 0.129. The van der Waals surface area contributed by atoms with E-state index < -0.39 is 5.97 Å². The second-order valence-corrected chi connectivity index (χ2v) is 8.04. The minimum Gasteiger partial charge on any atom is -0.481 e. The van der Waals surface area contributed by atoms with E-state index in [9.17, 15) is 9.59 Å². The molecule has 0 aliphatic rings. The molecule has 0 radical (unpaired) electrons. The average molecular weight is 439 g/mol. The number of carbonyl (C=O) groups is 2. The van der Waals surface area contributed by atoms with Crippen LogP contribution in [-0.4, -0.2) is 22.0 Å². The predicted octanol–water partition coefficient (Wildman–Crippen LogP) is 5.63. The van der Waals surface area contributed by atoms with E-state index in [0.29, 0.717) is 18.5 Å². The summed E-state index contributed by atoms with van der Waals surface area (Å²) in [7, 11) is 0. The Balaban J connectivity index is 1.60. The minimum atomic E-state index is -0.777. The molecule has 33 heavy (non-hydrogen) atoms. The number of unbranched alkanes of at least 4 members (excludes halogenated alkanes) is 1. The first kappa shape index (κ1) is 22.2. The smallest absolute Gasteiger partial charge is 0.303 e. The standard InChI is InChI=1S/C28H26N2O3/c31-26(32)14-8-7-13-22-17-24-18-23(28(33)29-19-20-9-3-1-4-10-20)15-16-25(24)30-27(22)21-11-5-2-6-12-21/h1-6,9-12,15-18H,7-8,13-14,19H2,(H,29,33)(H,31,32). The summed E-state index contributed by atoms with van der Waals surface area (Å²) in [5.41, 5.74) is 5.44. The number of hydrogen-bond acceptors (Lipinski definition) is 3. The van der Waals surface area contributed by atoms with Crippen LogP contribution in [0.1, 0.15) is 40.7 Å². The number of aliphatic carboxylic acids is 1. The van der Waals surface area contributed by atoms with Gasteiger partial charge in [0.15, 0.2) is 0 Å². The number of aryl methyl sites for hydroxylation is 1. The number of carboxylic acid groups (broad SMARTS) is 1. The van der Waals surface area contributed by atoms with E-state index in [4.69, 9.17) is 10.1 Å². The number of carbonyl (C=O) groups excluding carboxylic acids is 1. The van der Waals surface area contributed by atoms with Gasteiger partial charge in [-0.1, -0.05) is 60.7 Å². The summed E-state index contributed by atoms with van der Waals surface area (Å²) in [4.78, 5) is 28.5. The third kappa shape index (κ3) is 5.83. The van der Waals surface area contributed by atoms with Crippen LogP contribution in [0.5, 0.6) is 0 Å². The van der Waals surface area contributed by atoms with Crippen molar-refractivity contribution in [2.75, 3.05) is 0 Å². The molecule has 2 N–H and O–H groups in total. The van der Waals surface area contributed by atoms with Crippen molar-refractivity contribution in [2.24, 2.45) is 0 Å². The first-order valence-electron chi connectivity index (χ1n) is 11.1. The molecule has 166 valence electrons. The zero-order valence-electron chi connectivity index (χ0n) is 18.3. The van der Waals surface area contributed by atoms with Crippen molar-refractivity contribution in [1.82, 2.24) is 10.3 Å². The van der Waals surface area contributed by atoms with Gasteiger partial charge in [-0.25, -0.2) is 4.98 Å². The second kappa shape index (κ2) is 10.6. The Morgan fingerprint density at radius 3 is 2.30 bits per heavy atom. The largest absolute Gasteiger partial charge is 0.481 e. The van der Waals surface area contributed by atoms with Gasteiger partial charge in [0.05, 0.1) is 11.2 Å². The number of nitrogens with zero attached hydrogens (tertiary/aromatic N) is 1. The summed E-state index contributed by atoms with van der Waals surface area (Å²) in [5.74, 6) is -0.906. The molecule has 0 unspecified atom stereocenters. The number of pyridine rings is 1. The molecule has 4 aromatic rings. The molecule has 5 heteroatoms. The fourth-order valence-electron chi connectivity index (χ4n) is 3.87. The zero-order valence-corrected chi connectivity index (χ0v) is 18.3. The van der Waals surface area contributed by atoms with Crippen LogP contribution in [-0.2, 0) is 17.8 Å². The molecular weight excluding hydrogens is 412 g/mol. The van der Waals surface area contributed by atoms with E-state index in [2.05, 4.69) is 11.4 Å². The van der Waals surface area contributed by atoms with Crippen LogP contribution >= 0.6 is 0 Å². The lowest BCUT2D eigenvalue weighted by molar-refractivity contribution is -0.137. The quantitative estimate of drug-likeness (QED) is 0.332. The van der Waals surface area contributed by atoms with Crippen LogP contribution in [0, 0.1) is 0 Å². The lowest BCUT2D eigenvalue weighted by atomic mass is 9.98. The molecule has 0 bridgehead atoms. The Kier molecular flexibility index (Phi) is 7.10. The van der Waals surface area contributed by atoms with Crippen molar-refractivity contribution in [3.63, 3.8) is 0 Å². The van der Waals surface area contributed by atoms with Crippen LogP contribution in [0.15, 0.2) is 84.9 Å². The Bertz CT molecular complexity index is 1250. The molecule has 4 rings (SSSR count). The molecule has 1 aromatic heterocycles. The van der Waals surface area contributed by atoms with E-state index in [1.165, 1.54) is 0 Å². The summed E-state index contributed by atoms with van der Waals surface area (Å²) in [6.45, 7) is 0.470. The van der Waals surface area contributed by atoms with Gasteiger partial charge in [0, 0.05) is 29.5 Å². The number of aromatic nitrogens is 1. The third-order valence-electron chi connectivity index (χ3n) is 5.59. The highest BCUT2D eigenvalue weighted by Gasteiger charge is 2.12. The number of fused-ring (bicyclic) bond motifs is 1. The summed E-state index contributed by atoms with van der Waals surface area (Å²) >= 11 is 0. The zero-order chi connectivity index (χ0) is 23.0. The normalized spacial score (nSPS) is 10.8. The number of amides is 1. The second-order valence-electron chi connectivity index (χ2n) is 8.04. The van der Waals surface area contributed by atoms with Crippen LogP contribution in [0.25, 0.3) is 22.2 Å². The van der Waals surface area contributed by atoms with E-state index in [1.807, 2.05) is 72.8 Å². The fraction of sp³-hybridized carbons (Fsp3) is 0.179. The molecule has 0 spiro atoms. The molecule has 3 aromatic carbocycles. The van der Waals surface area contributed by atoms with Crippen molar-refractivity contribution in [2.45, 2.75) is 32.2 Å². The first-order chi connectivity index (χ1) is 16.1. The molecule has 1 amide bonds. The van der Waals surface area contributed by atoms with Gasteiger partial charge < -0.3 is 10.4 Å². The molecule has 1 heterocycles. The molecule has 5 nitrogen and oxygen atoms in total. The van der Waals surface area contributed by atoms with Gasteiger partial charge in [0.2, 0.25) is 0 Å². The maximum Gasteiger partial charge on any atom is 0.303 e. The molecule has 0 atom stereocenters. The predicted molar refractivity (Wildman–Crippen MR) is 130 cm³/mol. The number of rotatable bonds is 9. The van der Waals surface area contributed by atoms with Crippen molar-refractivity contribution < 1.29 is 14.7 Å². The highest BCUT2D eigenvalue weighted by Crippen LogP contribution is 2.27. The Morgan fingerprint density at radius 2 is 1.58 bits per heavy atom. The van der Waals surface area contributed by atoms with Gasteiger partial charge in [0.25, 0.3) is 5.91 Å². The van der Waals surface area contributed by atoms with Crippen LogP contribution in [0.2, 0.25) is 0 Å². The topological polar surface area (TPSA) is 79.3 Å². The van der Waals surface area contributed by atoms with Crippen molar-refractivity contribution in [3.8, 4) is 11.3 Å². The van der Waals surface area contributed by atoms with Crippen LogP contribution in [0.3, 0.4) is 0 Å². The lowest BCUT2D eigenvalue weighted by Gasteiger charge is -2.12. The SMILES string of the molecule is O=C(O)CCCCc1cc2cc(C(=O)NCc3ccccc3)ccc2nc1-c1ccccc1. The lowest BCUT2D eigenvalue weighted by Crippen LogP contribution is -2.22. The summed E-state index contributed by atoms with van der Waals surface area (Å²) in [5, 5.41) is 12.8. The average Bonchev–Trinajstić information content (AvgIpc) is 2.85. The van der Waals surface area contributed by atoms with Gasteiger partial charge in [0.1, 0.15) is 0 Å². The van der Waals surface area contributed by atoms with Crippen molar-refractivity contribution in [3.05, 3.63) is 102 Å². The molecule has 0 saturated carbocycles. The Labute approximate surface area is 193 Å². The summed E-state index contributed by atoms with van der Waals surface area (Å²) in [6, 6.07) is 27.4. The number of hydrogen-bond donors (Lipinski definition) is 2. The first-order valence-corrected chi connectivity index (χ1v) is 11.1. The van der Waals surface area contributed by atoms with Gasteiger partial charge >= 0.3 is 5.97 Å². The Hall–Kier alpha value is -3.99. The van der Waals surface area contributed by atoms with Gasteiger partial charge in [-0.2, -0.15) is 0 Å². The summed E-state index contributed by atoms with van der Waals surface area (Å²) in [6.07, 6.45) is 2.26. The molecular formula is C28H26N2O3. The summed E-state index contributed by atoms with van der Waals surface area (Å²) < 4.78 is 0. The molecule has 0 aliphatic carbocycles. The van der Waals surface area contributed by atoms with Crippen LogP contribution in [0.4, 0.5) is 0 Å². The maximum atomic E-state index is 12.7. The van der Waals surface area contributed by atoms with E-state index in [-0.39, 0.29) is 12.3 Å². The van der Waals surface area contributed by atoms with Crippen molar-refractivity contribution in [1.29, 1.82) is 0 Å². The molecule has 0 saturated heterocycles. The van der Waals surface area contributed by atoms with E-state index in [0.717, 1.165) is 46.1 Å². The number of benzene rings is 3. The third-order valence-corrected chi connectivity index (χ3v) is 5.59. The van der Waals surface area contributed by atoms with Gasteiger partial charge in [-0.05, 0) is 54.7 Å². The van der Waals surface area contributed by atoms with Gasteiger partial charge in [-0.3, -0.25) is 9.59 Å². The highest BCUT2D eigenvalue weighted by atomic mass is 16.4. The molecule has 0 fully saturated rings. The van der Waals surface area contributed by atoms with E-state index in [1.54, 1.807) is 6.07 Å². The highest BCUT2D eigenvalue weighted by molar-refractivity contribution is 5.98. The fourth-order valence-corrected chi connectivity index (χ4v) is 3.87. The molecule has 0 aliphatic heterocycles. The Morgan fingerprint density at radius 1 is 0.848 bits per heavy atom. The number of carboxylic acids is 1. The van der Waals surface area contributed by atoms with Gasteiger partial charge in [-0.15, -0.1) is 0 Å². The monoisotopic (exact) mass is 438 g/mol. The van der Waals surface area contributed by atoms with Crippen LogP contribution < -0.4 is 5.32 Å². The number of nitrogens with one attached hydrogen (secondary N) is 1.